The van der Waals surface area contributed by atoms with Gasteiger partial charge in [-0.05, 0) is 53.9 Å². The van der Waals surface area contributed by atoms with Gasteiger partial charge in [0.2, 0.25) is 0 Å². The Morgan fingerprint density at radius 2 is 1.90 bits per heavy atom. The number of aromatic nitrogens is 4. The third-order valence-electron chi connectivity index (χ3n) is 8.74. The van der Waals surface area contributed by atoms with E-state index in [0.717, 1.165) is 5.56 Å². The Bertz CT molecular complexity index is 2110. The third kappa shape index (κ3) is 6.81. The quantitative estimate of drug-likeness (QED) is 0.264. The number of nitrogens with zero attached hydrogens (tertiary/aromatic N) is 4. The van der Waals surface area contributed by atoms with Gasteiger partial charge in [-0.3, -0.25) is 24.0 Å². The zero-order valence-electron chi connectivity index (χ0n) is 26.9. The van der Waals surface area contributed by atoms with E-state index in [9.17, 15) is 14.4 Å². The second-order valence-corrected chi connectivity index (χ2v) is 12.0. The highest BCUT2D eigenvalue weighted by molar-refractivity contribution is 5.96. The molecule has 3 N–H and O–H groups in total. The molecule has 1 saturated heterocycles. The summed E-state index contributed by atoms with van der Waals surface area (Å²) in [6.07, 6.45) is 1.48. The van der Waals surface area contributed by atoms with E-state index in [1.54, 1.807) is 54.2 Å². The van der Waals surface area contributed by atoms with Gasteiger partial charge in [-0.1, -0.05) is 18.2 Å². The lowest BCUT2D eigenvalue weighted by Crippen LogP contribution is -2.57. The molecule has 2 aromatic heterocycles. The van der Waals surface area contributed by atoms with Crippen LogP contribution in [0.2, 0.25) is 0 Å². The van der Waals surface area contributed by atoms with E-state index in [1.165, 1.54) is 25.4 Å². The lowest BCUT2D eigenvalue weighted by molar-refractivity contribution is -0.123. The molecule has 252 valence electrons. The van der Waals surface area contributed by atoms with Gasteiger partial charge in [-0.2, -0.15) is 5.10 Å². The first-order chi connectivity index (χ1) is 23.7. The number of carbonyl (C=O) groups is 2. The van der Waals surface area contributed by atoms with Crippen molar-refractivity contribution in [3.63, 3.8) is 0 Å². The molecule has 2 amide bonds. The van der Waals surface area contributed by atoms with Crippen LogP contribution in [-0.2, 0) is 24.9 Å². The van der Waals surface area contributed by atoms with Crippen LogP contribution in [0.4, 0.5) is 4.39 Å². The first-order valence-corrected chi connectivity index (χ1v) is 15.8. The number of H-pyrrole nitrogens is 1. The van der Waals surface area contributed by atoms with Gasteiger partial charge in [0, 0.05) is 38.3 Å². The predicted octanol–water partition coefficient (Wildman–Crippen LogP) is 2.93. The smallest absolute Gasteiger partial charge is 0.262 e. The molecule has 3 aromatic carbocycles. The second kappa shape index (κ2) is 13.4. The highest BCUT2D eigenvalue weighted by Gasteiger charge is 2.33. The lowest BCUT2D eigenvalue weighted by Gasteiger charge is -2.38. The highest BCUT2D eigenvalue weighted by atomic mass is 19.1. The van der Waals surface area contributed by atoms with Crippen molar-refractivity contribution in [2.24, 2.45) is 7.05 Å². The first-order valence-electron chi connectivity index (χ1n) is 15.8. The molecule has 1 fully saturated rings. The van der Waals surface area contributed by atoms with Crippen LogP contribution in [0.1, 0.15) is 28.2 Å². The number of methoxy groups -OCH3 is 1. The number of nitrogens with one attached hydrogen (secondary N) is 3. The standard InChI is InChI=1S/C35H34FN7O6/c1-42-33-26(16-38-42)35(46)41-31(40-33)18-43-11-10-29-28(17-43)39-34(45)25-13-21(7-9-27(25)36)20-4-3-5-23(12-20)48-19-32(44)37-15-22-6-8-24(49-29)14-30(22)47-2/h3-9,12-14,16,28-29H,10-11,15,17-19H2,1-2H3,(H,37,44)(H,39,45)(H,40,41,46)/t28-,29+/m1/s1. The molecule has 13 nitrogen and oxygen atoms in total. The van der Waals surface area contributed by atoms with Gasteiger partial charge in [0.25, 0.3) is 17.4 Å². The van der Waals surface area contributed by atoms with Crippen molar-refractivity contribution < 1.29 is 28.2 Å². The summed E-state index contributed by atoms with van der Waals surface area (Å²) in [6, 6.07) is 16.1. The van der Waals surface area contributed by atoms with Crippen molar-refractivity contribution in [3.05, 3.63) is 100.0 Å². The zero-order chi connectivity index (χ0) is 34.1. The molecule has 2 atom stereocenters. The van der Waals surface area contributed by atoms with E-state index in [4.69, 9.17) is 14.2 Å². The molecule has 0 spiro atoms. The molecule has 3 aliphatic heterocycles. The van der Waals surface area contributed by atoms with Crippen LogP contribution in [0.5, 0.6) is 17.2 Å². The maximum absolute atomic E-state index is 15.3. The number of carbonyl (C=O) groups excluding carboxylic acids is 2. The zero-order valence-corrected chi connectivity index (χ0v) is 26.9. The fraction of sp³-hybridized carbons (Fsp3) is 0.286. The SMILES string of the molecule is COc1cc2ccc1CNC(=O)COc1cccc(c1)-c1ccc(F)c(c1)C(=O)N[C@@H]1CN(Cc3nc4c(cnn4C)c(=O)[nH]3)CC[C@@H]1O2. The molecule has 0 aliphatic carbocycles. The minimum Gasteiger partial charge on any atom is -0.496 e. The molecule has 3 aliphatic rings. The Kier molecular flexibility index (Phi) is 8.70. The Hall–Kier alpha value is -5.76. The number of rotatable bonds is 3. The average molecular weight is 668 g/mol. The Balaban J connectivity index is 1.22. The molecule has 0 saturated carbocycles. The minimum atomic E-state index is -0.677. The minimum absolute atomic E-state index is 0.132. The van der Waals surface area contributed by atoms with E-state index in [1.807, 2.05) is 6.07 Å². The van der Waals surface area contributed by atoms with Crippen molar-refractivity contribution >= 4 is 22.8 Å². The van der Waals surface area contributed by atoms with Crippen LogP contribution < -0.4 is 30.4 Å². The van der Waals surface area contributed by atoms with Crippen molar-refractivity contribution in [3.8, 4) is 28.4 Å². The van der Waals surface area contributed by atoms with Crippen LogP contribution in [0.15, 0.2) is 71.7 Å². The van der Waals surface area contributed by atoms with Crippen molar-refractivity contribution in [1.29, 1.82) is 0 Å². The molecule has 49 heavy (non-hydrogen) atoms. The van der Waals surface area contributed by atoms with Crippen molar-refractivity contribution in [2.45, 2.75) is 31.7 Å². The lowest BCUT2D eigenvalue weighted by atomic mass is 9.99. The molecule has 5 aromatic rings. The summed E-state index contributed by atoms with van der Waals surface area (Å²) in [7, 11) is 3.25. The molecular weight excluding hydrogens is 633 g/mol. The average Bonchev–Trinajstić information content (AvgIpc) is 3.48. The van der Waals surface area contributed by atoms with E-state index in [2.05, 4.69) is 30.6 Å². The molecule has 8 rings (SSSR count). The maximum Gasteiger partial charge on any atom is 0.262 e. The van der Waals surface area contributed by atoms with Gasteiger partial charge in [0.05, 0.1) is 31.5 Å². The number of fused-ring (bicyclic) bond motifs is 8. The summed E-state index contributed by atoms with van der Waals surface area (Å²) >= 11 is 0. The number of hydrogen-bond donors (Lipinski definition) is 3. The highest BCUT2D eigenvalue weighted by Crippen LogP contribution is 2.29. The Morgan fingerprint density at radius 3 is 2.76 bits per heavy atom. The first kappa shape index (κ1) is 31.8. The van der Waals surface area contributed by atoms with Gasteiger partial charge in [-0.25, -0.2) is 9.37 Å². The Labute approximate surface area is 280 Å². The number of aryl methyl sites for hydroxylation is 1. The van der Waals surface area contributed by atoms with E-state index < -0.39 is 23.9 Å². The van der Waals surface area contributed by atoms with E-state index in [0.29, 0.717) is 71.3 Å². The number of aromatic amines is 1. The van der Waals surface area contributed by atoms with E-state index >= 15 is 4.39 Å². The molecule has 5 heterocycles. The van der Waals surface area contributed by atoms with Crippen LogP contribution in [0, 0.1) is 5.82 Å². The number of amides is 2. The molecule has 0 unspecified atom stereocenters. The third-order valence-corrected chi connectivity index (χ3v) is 8.74. The normalized spacial score (nSPS) is 18.5. The number of piperidine rings is 1. The van der Waals surface area contributed by atoms with Crippen molar-refractivity contribution in [2.75, 3.05) is 26.8 Å². The number of hydrogen-bond acceptors (Lipinski definition) is 9. The van der Waals surface area contributed by atoms with Crippen LogP contribution >= 0.6 is 0 Å². The number of likely N-dealkylation sites (tertiary alicyclic amines) is 1. The molecule has 6 bridgehead atoms. The second-order valence-electron chi connectivity index (χ2n) is 12.0. The fourth-order valence-electron chi connectivity index (χ4n) is 6.19. The summed E-state index contributed by atoms with van der Waals surface area (Å²) in [4.78, 5) is 48.6. The maximum atomic E-state index is 15.3. The van der Waals surface area contributed by atoms with Gasteiger partial charge in [0.15, 0.2) is 12.3 Å². The number of ether oxygens (including phenoxy) is 3. The van der Waals surface area contributed by atoms with Crippen LogP contribution in [0.3, 0.4) is 0 Å². The summed E-state index contributed by atoms with van der Waals surface area (Å²) in [5, 5.41) is 10.4. The predicted molar refractivity (Wildman–Crippen MR) is 177 cm³/mol. The van der Waals surface area contributed by atoms with E-state index in [-0.39, 0.29) is 30.2 Å². The van der Waals surface area contributed by atoms with Gasteiger partial charge >= 0.3 is 0 Å². The van der Waals surface area contributed by atoms with Gasteiger partial charge in [-0.15, -0.1) is 0 Å². The molecular formula is C35H34FN7O6. The monoisotopic (exact) mass is 667 g/mol. The van der Waals surface area contributed by atoms with Crippen molar-refractivity contribution in [1.82, 2.24) is 35.3 Å². The topological polar surface area (TPSA) is 153 Å². The number of benzene rings is 3. The Morgan fingerprint density at radius 1 is 1.04 bits per heavy atom. The fourth-order valence-corrected chi connectivity index (χ4v) is 6.19. The largest absolute Gasteiger partial charge is 0.496 e. The van der Waals surface area contributed by atoms with Crippen LogP contribution in [-0.4, -0.2) is 75.4 Å². The van der Waals surface area contributed by atoms with Crippen LogP contribution in [0.25, 0.3) is 22.2 Å². The van der Waals surface area contributed by atoms with Gasteiger partial charge in [0.1, 0.15) is 40.4 Å². The molecule has 0 radical (unpaired) electrons. The number of halogens is 1. The van der Waals surface area contributed by atoms with Gasteiger partial charge < -0.3 is 29.8 Å². The summed E-state index contributed by atoms with van der Waals surface area (Å²) in [5.74, 6) is 0.311. The summed E-state index contributed by atoms with van der Waals surface area (Å²) < 4.78 is 34.6. The molecule has 14 heteroatoms. The summed E-state index contributed by atoms with van der Waals surface area (Å²) in [5.41, 5.74) is 2.07. The summed E-state index contributed by atoms with van der Waals surface area (Å²) in [6.45, 7) is 1.18.